The first kappa shape index (κ1) is 23.2. The summed E-state index contributed by atoms with van der Waals surface area (Å²) in [4.78, 5) is 40.9. The van der Waals surface area contributed by atoms with Gasteiger partial charge < -0.3 is 15.0 Å². The molecule has 2 fully saturated rings. The first-order valence-electron chi connectivity index (χ1n) is 11.5. The van der Waals surface area contributed by atoms with E-state index in [1.807, 2.05) is 80.6 Å². The van der Waals surface area contributed by atoms with Crippen LogP contribution in [-0.2, 0) is 14.3 Å². The topological polar surface area (TPSA) is 75.7 Å². The summed E-state index contributed by atoms with van der Waals surface area (Å²) in [5, 5.41) is 2.52. The van der Waals surface area contributed by atoms with E-state index in [-0.39, 0.29) is 17.2 Å². The van der Waals surface area contributed by atoms with E-state index in [9.17, 15) is 14.4 Å². The molecule has 2 amide bonds. The summed E-state index contributed by atoms with van der Waals surface area (Å²) in [5.74, 6) is -1.03. The summed E-state index contributed by atoms with van der Waals surface area (Å²) in [7, 11) is 0. The predicted molar refractivity (Wildman–Crippen MR) is 135 cm³/mol. The van der Waals surface area contributed by atoms with Gasteiger partial charge in [-0.15, -0.1) is 11.8 Å². The molecular formula is C28H26N2O4S. The molecule has 2 aliphatic heterocycles. The van der Waals surface area contributed by atoms with Crippen molar-refractivity contribution in [2.75, 3.05) is 0 Å². The van der Waals surface area contributed by atoms with E-state index in [4.69, 9.17) is 4.74 Å². The Bertz CT molecular complexity index is 1190. The zero-order valence-corrected chi connectivity index (χ0v) is 20.3. The van der Waals surface area contributed by atoms with Gasteiger partial charge in [0.1, 0.15) is 17.5 Å². The van der Waals surface area contributed by atoms with Crippen LogP contribution in [-0.4, -0.2) is 44.9 Å². The van der Waals surface area contributed by atoms with Gasteiger partial charge in [0.25, 0.3) is 5.91 Å². The van der Waals surface area contributed by atoms with Gasteiger partial charge >= 0.3 is 5.97 Å². The maximum Gasteiger partial charge on any atom is 0.331 e. The van der Waals surface area contributed by atoms with Crippen molar-refractivity contribution in [1.82, 2.24) is 10.2 Å². The van der Waals surface area contributed by atoms with Crippen molar-refractivity contribution in [3.05, 3.63) is 108 Å². The third-order valence-corrected chi connectivity index (χ3v) is 8.00. The van der Waals surface area contributed by atoms with Crippen molar-refractivity contribution in [2.45, 2.75) is 42.2 Å². The van der Waals surface area contributed by atoms with Crippen LogP contribution in [0.1, 0.15) is 41.4 Å². The normalized spacial score (nSPS) is 22.3. The number of ether oxygens (including phenoxy) is 1. The van der Waals surface area contributed by atoms with E-state index in [0.717, 1.165) is 11.1 Å². The third kappa shape index (κ3) is 4.32. The van der Waals surface area contributed by atoms with Crippen molar-refractivity contribution >= 4 is 29.5 Å². The highest BCUT2D eigenvalue weighted by atomic mass is 32.2. The van der Waals surface area contributed by atoms with Crippen LogP contribution in [0.5, 0.6) is 0 Å². The summed E-state index contributed by atoms with van der Waals surface area (Å²) in [6, 6.07) is 26.5. The predicted octanol–water partition coefficient (Wildman–Crippen LogP) is 4.18. The number of nitrogens with one attached hydrogen (secondary N) is 1. The third-order valence-electron chi connectivity index (χ3n) is 6.43. The number of hydrogen-bond donors (Lipinski definition) is 1. The zero-order valence-electron chi connectivity index (χ0n) is 19.5. The largest absolute Gasteiger partial charge is 0.451 e. The van der Waals surface area contributed by atoms with Gasteiger partial charge in [-0.2, -0.15) is 0 Å². The fraction of sp³-hybridized carbons (Fsp3) is 0.250. The van der Waals surface area contributed by atoms with E-state index in [1.165, 1.54) is 11.8 Å². The Labute approximate surface area is 208 Å². The van der Waals surface area contributed by atoms with Crippen LogP contribution in [0.4, 0.5) is 0 Å². The number of nitrogens with zero attached hydrogens (tertiary/aromatic N) is 1. The molecule has 0 spiro atoms. The van der Waals surface area contributed by atoms with Crippen LogP contribution in [0.25, 0.3) is 0 Å². The summed E-state index contributed by atoms with van der Waals surface area (Å²) in [6.45, 7) is 3.87. The Kier molecular flexibility index (Phi) is 6.11. The molecule has 178 valence electrons. The Hall–Kier alpha value is -3.58. The lowest BCUT2D eigenvalue weighted by Gasteiger charge is -2.44. The highest BCUT2D eigenvalue weighted by molar-refractivity contribution is 8.01. The minimum atomic E-state index is -0.759. The molecule has 2 aliphatic rings. The number of thioether (sulfide) groups is 1. The SMILES string of the molecule is CC1(C)S[C@@H]2[C@@H](NC(=O)c3ccccc3)C(=O)N2[C@H]1C(=O)OC(c1ccccc1)c1ccccc1. The van der Waals surface area contributed by atoms with Crippen LogP contribution >= 0.6 is 11.8 Å². The Morgan fingerprint density at radius 1 is 0.886 bits per heavy atom. The maximum absolute atomic E-state index is 13.6. The van der Waals surface area contributed by atoms with Crippen molar-refractivity contribution in [3.63, 3.8) is 0 Å². The second kappa shape index (κ2) is 9.23. The molecule has 7 heteroatoms. The van der Waals surface area contributed by atoms with Gasteiger partial charge in [0.15, 0.2) is 6.10 Å². The van der Waals surface area contributed by atoms with E-state index < -0.39 is 28.9 Å². The monoisotopic (exact) mass is 486 g/mol. The summed E-state index contributed by atoms with van der Waals surface area (Å²) in [5.41, 5.74) is 2.20. The molecule has 0 radical (unpaired) electrons. The van der Waals surface area contributed by atoms with Gasteiger partial charge in [0.05, 0.1) is 0 Å². The molecule has 0 bridgehead atoms. The van der Waals surface area contributed by atoms with Gasteiger partial charge in [0, 0.05) is 10.3 Å². The van der Waals surface area contributed by atoms with Crippen LogP contribution in [0.15, 0.2) is 91.0 Å². The lowest BCUT2D eigenvalue weighted by Crippen LogP contribution is -2.70. The van der Waals surface area contributed by atoms with Gasteiger partial charge in [-0.3, -0.25) is 9.59 Å². The number of fused-ring (bicyclic) bond motifs is 1. The molecule has 6 nitrogen and oxygen atoms in total. The second-order valence-electron chi connectivity index (χ2n) is 9.22. The lowest BCUT2D eigenvalue weighted by atomic mass is 9.95. The molecule has 5 rings (SSSR count). The average molecular weight is 487 g/mol. The number of hydrogen-bond acceptors (Lipinski definition) is 5. The Morgan fingerprint density at radius 2 is 1.40 bits per heavy atom. The van der Waals surface area contributed by atoms with Crippen LogP contribution in [0.3, 0.4) is 0 Å². The lowest BCUT2D eigenvalue weighted by molar-refractivity contribution is -0.166. The minimum Gasteiger partial charge on any atom is -0.451 e. The molecule has 0 saturated carbocycles. The fourth-order valence-electron chi connectivity index (χ4n) is 4.71. The molecule has 0 aliphatic carbocycles. The summed E-state index contributed by atoms with van der Waals surface area (Å²) < 4.78 is 5.51. The standard InChI is InChI=1S/C28H26N2O4S/c1-28(2)23(27(33)34-22(18-12-6-3-7-13-18)19-14-8-4-9-15-19)30-25(32)21(26(30)35-28)29-24(31)20-16-10-5-11-17-20/h3-17,21-23,26H,1-2H3,(H,29,31)/t21-,23-,26+/m0/s1. The van der Waals surface area contributed by atoms with Gasteiger partial charge in [0.2, 0.25) is 5.91 Å². The van der Waals surface area contributed by atoms with E-state index >= 15 is 0 Å². The molecule has 0 unspecified atom stereocenters. The highest BCUT2D eigenvalue weighted by Crippen LogP contribution is 2.51. The molecule has 35 heavy (non-hydrogen) atoms. The summed E-state index contributed by atoms with van der Waals surface area (Å²) >= 11 is 1.51. The van der Waals surface area contributed by atoms with Crippen LogP contribution < -0.4 is 5.32 Å². The number of benzene rings is 3. The quantitative estimate of drug-likeness (QED) is 0.418. The molecule has 1 N–H and O–H groups in total. The second-order valence-corrected chi connectivity index (χ2v) is 11.0. The van der Waals surface area contributed by atoms with E-state index in [0.29, 0.717) is 5.56 Å². The fourth-order valence-corrected chi connectivity index (χ4v) is 6.33. The zero-order chi connectivity index (χ0) is 24.6. The minimum absolute atomic E-state index is 0.268. The van der Waals surface area contributed by atoms with Crippen molar-refractivity contribution in [1.29, 1.82) is 0 Å². The molecule has 2 heterocycles. The molecule has 3 atom stereocenters. The number of carbonyl (C=O) groups is 3. The molecular weight excluding hydrogens is 460 g/mol. The van der Waals surface area contributed by atoms with E-state index in [2.05, 4.69) is 5.32 Å². The first-order chi connectivity index (χ1) is 16.9. The van der Waals surface area contributed by atoms with Gasteiger partial charge in [-0.25, -0.2) is 4.79 Å². The van der Waals surface area contributed by atoms with Crippen molar-refractivity contribution in [3.8, 4) is 0 Å². The molecule has 3 aromatic rings. The molecule has 2 saturated heterocycles. The first-order valence-corrected chi connectivity index (χ1v) is 12.4. The van der Waals surface area contributed by atoms with E-state index in [1.54, 1.807) is 29.2 Å². The number of amides is 2. The van der Waals surface area contributed by atoms with Crippen molar-refractivity contribution in [2.24, 2.45) is 0 Å². The summed E-state index contributed by atoms with van der Waals surface area (Å²) in [6.07, 6.45) is -0.588. The van der Waals surface area contributed by atoms with Crippen LogP contribution in [0, 0.1) is 0 Å². The molecule has 3 aromatic carbocycles. The van der Waals surface area contributed by atoms with Gasteiger partial charge in [-0.05, 0) is 37.1 Å². The van der Waals surface area contributed by atoms with Crippen molar-refractivity contribution < 1.29 is 19.1 Å². The number of β-lactam (4-membered cyclic amide) rings is 1. The van der Waals surface area contributed by atoms with Gasteiger partial charge in [-0.1, -0.05) is 78.9 Å². The number of rotatable bonds is 6. The number of carbonyl (C=O) groups excluding carboxylic acids is 3. The number of esters is 1. The Balaban J connectivity index is 1.35. The smallest absolute Gasteiger partial charge is 0.331 e. The highest BCUT2D eigenvalue weighted by Gasteiger charge is 2.64. The maximum atomic E-state index is 13.6. The Morgan fingerprint density at radius 3 is 1.94 bits per heavy atom. The van der Waals surface area contributed by atoms with Crippen LogP contribution in [0.2, 0.25) is 0 Å². The average Bonchev–Trinajstić information content (AvgIpc) is 3.14. The molecule has 0 aromatic heterocycles.